The van der Waals surface area contributed by atoms with Crippen molar-refractivity contribution in [2.45, 2.75) is 0 Å². The van der Waals surface area contributed by atoms with Crippen LogP contribution in [0.25, 0.3) is 22.8 Å². The van der Waals surface area contributed by atoms with Gasteiger partial charge in [0, 0.05) is 18.6 Å². The van der Waals surface area contributed by atoms with Crippen LogP contribution in [-0.4, -0.2) is 25.1 Å². The Bertz CT molecular complexity index is 483. The van der Waals surface area contributed by atoms with Gasteiger partial charge < -0.3 is 9.97 Å². The standard InChI is InChI=1S/C10H8N5/c1-2-8(11-3-1)9-7(6-14-15-9)10-12-4-5-13-10/h1-5,11H,(H,12,13)(H,14,15). The van der Waals surface area contributed by atoms with Crippen molar-refractivity contribution in [1.82, 2.24) is 25.1 Å². The Kier molecular flexibility index (Phi) is 1.68. The lowest BCUT2D eigenvalue weighted by atomic mass is 10.2. The summed E-state index contributed by atoms with van der Waals surface area (Å²) >= 11 is 0. The van der Waals surface area contributed by atoms with E-state index in [1.165, 1.54) is 0 Å². The number of hydrogen-bond donors (Lipinski definition) is 3. The van der Waals surface area contributed by atoms with Gasteiger partial charge >= 0.3 is 0 Å². The van der Waals surface area contributed by atoms with E-state index >= 15 is 0 Å². The van der Waals surface area contributed by atoms with Gasteiger partial charge in [0.25, 0.3) is 0 Å². The van der Waals surface area contributed by atoms with E-state index in [4.69, 9.17) is 0 Å². The zero-order valence-corrected chi connectivity index (χ0v) is 7.78. The molecule has 0 unspecified atom stereocenters. The summed E-state index contributed by atoms with van der Waals surface area (Å²) in [6.45, 7) is 0. The molecule has 15 heavy (non-hydrogen) atoms. The molecular formula is C10H8N5. The summed E-state index contributed by atoms with van der Waals surface area (Å²) in [6.07, 6.45) is 8.22. The van der Waals surface area contributed by atoms with Crippen molar-refractivity contribution in [3.8, 4) is 22.8 Å². The Morgan fingerprint density at radius 3 is 2.93 bits per heavy atom. The monoisotopic (exact) mass is 198 g/mol. The predicted molar refractivity (Wildman–Crippen MR) is 54.8 cm³/mol. The maximum absolute atomic E-state index is 4.17. The highest BCUT2D eigenvalue weighted by molar-refractivity contribution is 5.74. The summed E-state index contributed by atoms with van der Waals surface area (Å²) in [5.74, 6) is 0.758. The third-order valence-electron chi connectivity index (χ3n) is 2.19. The second kappa shape index (κ2) is 3.13. The van der Waals surface area contributed by atoms with Crippen molar-refractivity contribution in [1.29, 1.82) is 0 Å². The first kappa shape index (κ1) is 8.05. The van der Waals surface area contributed by atoms with Crippen LogP contribution in [0.15, 0.2) is 30.7 Å². The van der Waals surface area contributed by atoms with Crippen LogP contribution in [0.1, 0.15) is 0 Å². The summed E-state index contributed by atoms with van der Waals surface area (Å²) in [4.78, 5) is 10.3. The average molecular weight is 198 g/mol. The molecule has 1 radical (unpaired) electrons. The van der Waals surface area contributed by atoms with E-state index in [0.29, 0.717) is 0 Å². The topological polar surface area (TPSA) is 73.2 Å². The van der Waals surface area contributed by atoms with Crippen molar-refractivity contribution in [2.75, 3.05) is 0 Å². The molecule has 3 aromatic heterocycles. The summed E-state index contributed by atoms with van der Waals surface area (Å²) in [5, 5.41) is 6.80. The van der Waals surface area contributed by atoms with Crippen LogP contribution >= 0.6 is 0 Å². The number of imidazole rings is 1. The smallest absolute Gasteiger partial charge is 0.141 e. The van der Waals surface area contributed by atoms with Crippen molar-refractivity contribution in [3.63, 3.8) is 0 Å². The third-order valence-corrected chi connectivity index (χ3v) is 2.19. The quantitative estimate of drug-likeness (QED) is 0.585. The fourth-order valence-corrected chi connectivity index (χ4v) is 1.51. The molecule has 3 N–H and O–H groups in total. The number of rotatable bonds is 2. The summed E-state index contributed by atoms with van der Waals surface area (Å²) < 4.78 is 0. The Morgan fingerprint density at radius 2 is 2.20 bits per heavy atom. The minimum absolute atomic E-state index is 0.758. The van der Waals surface area contributed by atoms with Crippen LogP contribution in [0.5, 0.6) is 0 Å². The number of H-pyrrole nitrogens is 3. The zero-order valence-electron chi connectivity index (χ0n) is 7.78. The van der Waals surface area contributed by atoms with Gasteiger partial charge in [0.2, 0.25) is 0 Å². The van der Waals surface area contributed by atoms with Crippen LogP contribution in [0.2, 0.25) is 0 Å². The third kappa shape index (κ3) is 1.25. The Morgan fingerprint density at radius 1 is 1.20 bits per heavy atom. The van der Waals surface area contributed by atoms with Gasteiger partial charge in [-0.2, -0.15) is 5.10 Å². The molecule has 0 saturated carbocycles. The van der Waals surface area contributed by atoms with Crippen molar-refractivity contribution in [2.24, 2.45) is 0 Å². The number of aromatic nitrogens is 5. The maximum Gasteiger partial charge on any atom is 0.141 e. The van der Waals surface area contributed by atoms with E-state index in [1.54, 1.807) is 12.4 Å². The number of nitrogens with one attached hydrogen (secondary N) is 3. The number of nitrogens with zero attached hydrogens (tertiary/aromatic N) is 2. The van der Waals surface area contributed by atoms with E-state index in [9.17, 15) is 0 Å². The minimum Gasteiger partial charge on any atom is -0.360 e. The zero-order chi connectivity index (χ0) is 10.1. The number of hydrogen-bond acceptors (Lipinski definition) is 2. The Labute approximate surface area is 85.6 Å². The second-order valence-corrected chi connectivity index (χ2v) is 3.11. The van der Waals surface area contributed by atoms with Crippen molar-refractivity contribution >= 4 is 0 Å². The molecule has 73 valence electrons. The molecule has 0 atom stereocenters. The first-order chi connectivity index (χ1) is 7.45. The first-order valence-corrected chi connectivity index (χ1v) is 4.55. The molecule has 0 aromatic carbocycles. The van der Waals surface area contributed by atoms with Crippen LogP contribution < -0.4 is 0 Å². The van der Waals surface area contributed by atoms with Gasteiger partial charge in [-0.15, -0.1) is 0 Å². The first-order valence-electron chi connectivity index (χ1n) is 4.55. The van der Waals surface area contributed by atoms with Crippen LogP contribution in [0.4, 0.5) is 0 Å². The fraction of sp³-hybridized carbons (Fsp3) is 0. The Hall–Kier alpha value is -2.30. The highest BCUT2D eigenvalue weighted by Crippen LogP contribution is 2.25. The lowest BCUT2D eigenvalue weighted by Gasteiger charge is -1.96. The van der Waals surface area contributed by atoms with E-state index in [1.807, 2.05) is 18.3 Å². The van der Waals surface area contributed by atoms with Gasteiger partial charge in [0.15, 0.2) is 0 Å². The predicted octanol–water partition coefficient (Wildman–Crippen LogP) is 1.60. The normalized spacial score (nSPS) is 10.7. The molecule has 0 aliphatic heterocycles. The van der Waals surface area contributed by atoms with Crippen LogP contribution in [-0.2, 0) is 0 Å². The molecule has 3 aromatic rings. The molecule has 3 rings (SSSR count). The summed E-state index contributed by atoms with van der Waals surface area (Å²) in [7, 11) is 0. The molecule has 0 bridgehead atoms. The summed E-state index contributed by atoms with van der Waals surface area (Å²) in [6, 6.07) is 3.90. The second-order valence-electron chi connectivity index (χ2n) is 3.11. The van der Waals surface area contributed by atoms with Crippen LogP contribution in [0, 0.1) is 6.20 Å². The van der Waals surface area contributed by atoms with Crippen LogP contribution in [0.3, 0.4) is 0 Å². The molecule has 0 spiro atoms. The molecule has 5 heteroatoms. The average Bonchev–Trinajstić information content (AvgIpc) is 3.01. The lowest BCUT2D eigenvalue weighted by Crippen LogP contribution is -1.83. The molecule has 0 aliphatic carbocycles. The summed E-state index contributed by atoms with van der Waals surface area (Å²) in [5.41, 5.74) is 2.69. The highest BCUT2D eigenvalue weighted by Gasteiger charge is 2.12. The lowest BCUT2D eigenvalue weighted by molar-refractivity contribution is 1.08. The number of aromatic amines is 3. The van der Waals surface area contributed by atoms with Gasteiger partial charge in [-0.3, -0.25) is 5.10 Å². The van der Waals surface area contributed by atoms with Gasteiger partial charge in [-0.1, -0.05) is 0 Å². The van der Waals surface area contributed by atoms with Crippen molar-refractivity contribution < 1.29 is 0 Å². The molecular weight excluding hydrogens is 190 g/mol. The molecule has 0 amide bonds. The molecule has 3 heterocycles. The van der Waals surface area contributed by atoms with Gasteiger partial charge in [0.1, 0.15) is 12.0 Å². The van der Waals surface area contributed by atoms with E-state index in [2.05, 4.69) is 31.3 Å². The fourth-order valence-electron chi connectivity index (χ4n) is 1.51. The molecule has 5 nitrogen and oxygen atoms in total. The molecule has 0 saturated heterocycles. The minimum atomic E-state index is 0.758. The maximum atomic E-state index is 4.17. The molecule has 0 fully saturated rings. The SMILES string of the molecule is [c]1n[nH]c(-c2ccc[nH]2)c1-c1ncc[nH]1. The van der Waals surface area contributed by atoms with Crippen molar-refractivity contribution in [3.05, 3.63) is 36.9 Å². The largest absolute Gasteiger partial charge is 0.360 e. The van der Waals surface area contributed by atoms with Gasteiger partial charge in [-0.05, 0) is 12.1 Å². The van der Waals surface area contributed by atoms with Gasteiger partial charge in [0.05, 0.1) is 17.0 Å². The van der Waals surface area contributed by atoms with E-state index in [-0.39, 0.29) is 0 Å². The highest BCUT2D eigenvalue weighted by atomic mass is 15.1. The molecule has 0 aliphatic rings. The Balaban J connectivity index is 2.15. The van der Waals surface area contributed by atoms with E-state index in [0.717, 1.165) is 22.8 Å². The van der Waals surface area contributed by atoms with Gasteiger partial charge in [-0.25, -0.2) is 4.98 Å². The van der Waals surface area contributed by atoms with E-state index < -0.39 is 0 Å².